The summed E-state index contributed by atoms with van der Waals surface area (Å²) >= 11 is 1.65. The smallest absolute Gasteiger partial charge is 0.289 e. The van der Waals surface area contributed by atoms with Crippen LogP contribution in [-0.4, -0.2) is 52.0 Å². The Hall–Kier alpha value is -3.16. The van der Waals surface area contributed by atoms with Crippen LogP contribution in [0.25, 0.3) is 20.8 Å². The lowest BCUT2D eigenvalue weighted by Gasteiger charge is -2.34. The Labute approximate surface area is 178 Å². The molecule has 7 heteroatoms. The van der Waals surface area contributed by atoms with Crippen LogP contribution in [0.4, 0.5) is 0 Å². The Kier molecular flexibility index (Phi) is 4.98. The van der Waals surface area contributed by atoms with Crippen molar-refractivity contribution in [1.82, 2.24) is 14.8 Å². The van der Waals surface area contributed by atoms with Crippen molar-refractivity contribution in [2.24, 2.45) is 0 Å². The van der Waals surface area contributed by atoms with Crippen molar-refractivity contribution in [3.63, 3.8) is 0 Å². The first kappa shape index (κ1) is 18.8. The maximum absolute atomic E-state index is 12.4. The lowest BCUT2D eigenvalue weighted by Crippen LogP contribution is -2.48. The lowest BCUT2D eigenvalue weighted by molar-refractivity contribution is 0.0597. The number of para-hydroxylation sites is 1. The molecule has 1 saturated heterocycles. The van der Waals surface area contributed by atoms with Crippen molar-refractivity contribution in [2.75, 3.05) is 26.2 Å². The van der Waals surface area contributed by atoms with Gasteiger partial charge in [-0.15, -0.1) is 11.3 Å². The molecule has 1 aliphatic heterocycles. The molecule has 152 valence electrons. The summed E-state index contributed by atoms with van der Waals surface area (Å²) in [6.07, 6.45) is 1.52. The van der Waals surface area contributed by atoms with Crippen LogP contribution in [0.5, 0.6) is 5.75 Å². The molecule has 0 unspecified atom stereocenters. The fourth-order valence-electron chi connectivity index (χ4n) is 3.75. The molecule has 30 heavy (non-hydrogen) atoms. The van der Waals surface area contributed by atoms with Gasteiger partial charge in [0.25, 0.3) is 5.91 Å². The first-order valence-corrected chi connectivity index (χ1v) is 10.7. The number of aromatic nitrogens is 1. The van der Waals surface area contributed by atoms with Crippen molar-refractivity contribution < 1.29 is 14.3 Å². The highest BCUT2D eigenvalue weighted by Gasteiger charge is 2.24. The third-order valence-electron chi connectivity index (χ3n) is 5.41. The van der Waals surface area contributed by atoms with Crippen LogP contribution in [0.15, 0.2) is 65.3 Å². The molecular formula is C23H21N3O3S. The van der Waals surface area contributed by atoms with E-state index in [0.717, 1.165) is 39.4 Å². The van der Waals surface area contributed by atoms with Gasteiger partial charge in [0.05, 0.1) is 16.5 Å². The van der Waals surface area contributed by atoms with Crippen LogP contribution < -0.4 is 0 Å². The molecule has 2 aromatic carbocycles. The van der Waals surface area contributed by atoms with Gasteiger partial charge in [-0.25, -0.2) is 4.98 Å². The number of phenolic OH excluding ortho intramolecular Hbond substituents is 1. The van der Waals surface area contributed by atoms with Crippen molar-refractivity contribution >= 4 is 27.5 Å². The summed E-state index contributed by atoms with van der Waals surface area (Å²) in [5.74, 6) is 0.596. The second-order valence-electron chi connectivity index (χ2n) is 7.38. The number of hydrogen-bond acceptors (Lipinski definition) is 6. The van der Waals surface area contributed by atoms with Gasteiger partial charge in [-0.05, 0) is 42.5 Å². The molecule has 0 radical (unpaired) electrons. The Morgan fingerprint density at radius 3 is 2.67 bits per heavy atom. The predicted octanol–water partition coefficient (Wildman–Crippen LogP) is 4.22. The van der Waals surface area contributed by atoms with E-state index in [0.29, 0.717) is 25.4 Å². The zero-order chi connectivity index (χ0) is 20.5. The fourth-order valence-corrected chi connectivity index (χ4v) is 4.71. The van der Waals surface area contributed by atoms with E-state index < -0.39 is 0 Å². The summed E-state index contributed by atoms with van der Waals surface area (Å²) < 4.78 is 6.37. The zero-order valence-electron chi connectivity index (χ0n) is 16.3. The second-order valence-corrected chi connectivity index (χ2v) is 8.41. The maximum atomic E-state index is 12.4. The average Bonchev–Trinajstić information content (AvgIpc) is 3.45. The SMILES string of the molecule is O=C(c1ccco1)N1CCN(Cc2cc(-c3nc4ccccc4s3)ccc2O)CC1. The maximum Gasteiger partial charge on any atom is 0.289 e. The van der Waals surface area contributed by atoms with E-state index in [4.69, 9.17) is 9.40 Å². The number of nitrogens with zero attached hydrogens (tertiary/aromatic N) is 3. The third kappa shape index (κ3) is 3.69. The molecule has 6 nitrogen and oxygen atoms in total. The number of carbonyl (C=O) groups is 1. The monoisotopic (exact) mass is 419 g/mol. The minimum atomic E-state index is -0.0691. The number of aromatic hydroxyl groups is 1. The summed E-state index contributed by atoms with van der Waals surface area (Å²) in [6, 6.07) is 17.2. The number of thiazole rings is 1. The molecule has 0 bridgehead atoms. The number of furan rings is 1. The number of rotatable bonds is 4. The molecule has 0 atom stereocenters. The van der Waals surface area contributed by atoms with E-state index in [1.165, 1.54) is 6.26 Å². The molecule has 0 saturated carbocycles. The Bertz CT molecular complexity index is 1140. The summed E-state index contributed by atoms with van der Waals surface area (Å²) in [5.41, 5.74) is 2.87. The van der Waals surface area contributed by atoms with E-state index in [9.17, 15) is 9.90 Å². The number of benzene rings is 2. The van der Waals surface area contributed by atoms with Gasteiger partial charge >= 0.3 is 0 Å². The Balaban J connectivity index is 1.28. The number of fused-ring (bicyclic) bond motifs is 1. The van der Waals surface area contributed by atoms with Crippen LogP contribution in [-0.2, 0) is 6.54 Å². The molecule has 1 aliphatic rings. The van der Waals surface area contributed by atoms with Gasteiger partial charge in [0, 0.05) is 43.9 Å². The summed E-state index contributed by atoms with van der Waals surface area (Å²) in [4.78, 5) is 21.2. The number of phenols is 1. The van der Waals surface area contributed by atoms with E-state index in [-0.39, 0.29) is 11.7 Å². The lowest BCUT2D eigenvalue weighted by atomic mass is 10.1. The van der Waals surface area contributed by atoms with Crippen molar-refractivity contribution in [2.45, 2.75) is 6.54 Å². The molecule has 1 fully saturated rings. The fraction of sp³-hybridized carbons (Fsp3) is 0.217. The Morgan fingerprint density at radius 2 is 1.90 bits per heavy atom. The minimum absolute atomic E-state index is 0.0691. The largest absolute Gasteiger partial charge is 0.508 e. The van der Waals surface area contributed by atoms with Crippen LogP contribution >= 0.6 is 11.3 Å². The van der Waals surface area contributed by atoms with Gasteiger partial charge in [-0.2, -0.15) is 0 Å². The van der Waals surface area contributed by atoms with Crippen LogP contribution in [0, 0.1) is 0 Å². The summed E-state index contributed by atoms with van der Waals surface area (Å²) in [6.45, 7) is 3.40. The molecule has 4 aromatic rings. The van der Waals surface area contributed by atoms with Gasteiger partial charge in [0.2, 0.25) is 0 Å². The van der Waals surface area contributed by atoms with Crippen LogP contribution in [0.3, 0.4) is 0 Å². The minimum Gasteiger partial charge on any atom is -0.508 e. The second kappa shape index (κ2) is 7.93. The standard InChI is InChI=1S/C23H21N3O3S/c27-19-8-7-16(22-24-18-4-1-2-6-21(18)30-22)14-17(19)15-25-9-11-26(12-10-25)23(28)20-5-3-13-29-20/h1-8,13-14,27H,9-12,15H2. The molecule has 1 N–H and O–H groups in total. The molecule has 5 rings (SSSR count). The summed E-state index contributed by atoms with van der Waals surface area (Å²) in [7, 11) is 0. The molecule has 3 heterocycles. The molecule has 0 spiro atoms. The van der Waals surface area contributed by atoms with Crippen molar-refractivity contribution in [1.29, 1.82) is 0 Å². The molecule has 0 aliphatic carbocycles. The highest BCUT2D eigenvalue weighted by molar-refractivity contribution is 7.21. The summed E-state index contributed by atoms with van der Waals surface area (Å²) in [5, 5.41) is 11.3. The highest BCUT2D eigenvalue weighted by Crippen LogP contribution is 2.33. The van der Waals surface area contributed by atoms with Gasteiger partial charge in [-0.3, -0.25) is 9.69 Å². The predicted molar refractivity (Wildman–Crippen MR) is 117 cm³/mol. The zero-order valence-corrected chi connectivity index (χ0v) is 17.1. The van der Waals surface area contributed by atoms with Crippen LogP contribution in [0.2, 0.25) is 0 Å². The van der Waals surface area contributed by atoms with Gasteiger partial charge in [0.1, 0.15) is 10.8 Å². The van der Waals surface area contributed by atoms with E-state index in [1.54, 1.807) is 29.5 Å². The van der Waals surface area contributed by atoms with Gasteiger partial charge < -0.3 is 14.4 Å². The first-order chi connectivity index (χ1) is 14.7. The van der Waals surface area contributed by atoms with Gasteiger partial charge in [-0.1, -0.05) is 12.1 Å². The van der Waals surface area contributed by atoms with E-state index >= 15 is 0 Å². The molecule has 1 amide bonds. The molecular weight excluding hydrogens is 398 g/mol. The van der Waals surface area contributed by atoms with Crippen molar-refractivity contribution in [3.05, 3.63) is 72.2 Å². The number of carbonyl (C=O) groups excluding carboxylic acids is 1. The topological polar surface area (TPSA) is 69.8 Å². The number of piperazine rings is 1. The average molecular weight is 420 g/mol. The van der Waals surface area contributed by atoms with E-state index in [2.05, 4.69) is 11.0 Å². The first-order valence-electron chi connectivity index (χ1n) is 9.90. The molecule has 2 aromatic heterocycles. The van der Waals surface area contributed by atoms with Crippen LogP contribution in [0.1, 0.15) is 16.1 Å². The van der Waals surface area contributed by atoms with Gasteiger partial charge in [0.15, 0.2) is 5.76 Å². The normalized spacial score (nSPS) is 15.0. The quantitative estimate of drug-likeness (QED) is 0.536. The third-order valence-corrected chi connectivity index (χ3v) is 6.49. The number of amides is 1. The van der Waals surface area contributed by atoms with E-state index in [1.807, 2.05) is 35.2 Å². The Morgan fingerprint density at radius 1 is 1.07 bits per heavy atom. The highest BCUT2D eigenvalue weighted by atomic mass is 32.1. The number of hydrogen-bond donors (Lipinski definition) is 1. The van der Waals surface area contributed by atoms with Crippen molar-refractivity contribution in [3.8, 4) is 16.3 Å².